The van der Waals surface area contributed by atoms with E-state index in [9.17, 15) is 0 Å². The lowest BCUT2D eigenvalue weighted by Crippen LogP contribution is -2.11. The van der Waals surface area contributed by atoms with Crippen LogP contribution in [-0.2, 0) is 0 Å². The van der Waals surface area contributed by atoms with E-state index >= 15 is 0 Å². The van der Waals surface area contributed by atoms with E-state index in [-0.39, 0.29) is 0 Å². The number of anilines is 2. The van der Waals surface area contributed by atoms with E-state index in [0.29, 0.717) is 5.56 Å². The molecule has 2 aromatic rings. The Morgan fingerprint density at radius 2 is 2.00 bits per heavy atom. The highest BCUT2D eigenvalue weighted by Gasteiger charge is 2.10. The monoisotopic (exact) mass is 287 g/mol. The van der Waals surface area contributed by atoms with Gasteiger partial charge in [-0.25, -0.2) is 0 Å². The van der Waals surface area contributed by atoms with Crippen LogP contribution in [0.15, 0.2) is 47.2 Å². The third kappa shape index (κ3) is 2.29. The maximum absolute atomic E-state index is 9.08. The Hall–Kier alpha value is -1.86. The normalized spacial score (nSPS) is 9.71. The molecule has 17 heavy (non-hydrogen) atoms. The molecule has 0 amide bonds. The molecular formula is C13H10BrN3. The third-order valence-electron chi connectivity index (χ3n) is 2.50. The van der Waals surface area contributed by atoms with Gasteiger partial charge in [-0.1, -0.05) is 12.1 Å². The van der Waals surface area contributed by atoms with E-state index in [4.69, 9.17) is 5.26 Å². The van der Waals surface area contributed by atoms with Crippen LogP contribution in [0.3, 0.4) is 0 Å². The molecule has 1 aromatic carbocycles. The molecule has 0 bridgehead atoms. The highest BCUT2D eigenvalue weighted by atomic mass is 79.9. The Kier molecular flexibility index (Phi) is 3.40. The smallest absolute Gasteiger partial charge is 0.101 e. The fraction of sp³-hybridized carbons (Fsp3) is 0.0769. The summed E-state index contributed by atoms with van der Waals surface area (Å²) in [7, 11) is 1.93. The molecule has 0 saturated carbocycles. The summed E-state index contributed by atoms with van der Waals surface area (Å²) in [5.41, 5.74) is 2.50. The lowest BCUT2D eigenvalue weighted by Gasteiger charge is -2.21. The average molecular weight is 288 g/mol. The molecule has 1 heterocycles. The van der Waals surface area contributed by atoms with E-state index in [0.717, 1.165) is 15.8 Å². The Morgan fingerprint density at radius 3 is 2.71 bits per heavy atom. The first-order valence-electron chi connectivity index (χ1n) is 5.06. The fourth-order valence-corrected chi connectivity index (χ4v) is 2.15. The summed E-state index contributed by atoms with van der Waals surface area (Å²) >= 11 is 3.45. The van der Waals surface area contributed by atoms with E-state index in [1.165, 1.54) is 0 Å². The first kappa shape index (κ1) is 11.6. The molecule has 0 spiro atoms. The van der Waals surface area contributed by atoms with Crippen molar-refractivity contribution in [1.29, 1.82) is 5.26 Å². The van der Waals surface area contributed by atoms with Gasteiger partial charge in [0.05, 0.1) is 21.4 Å². The number of nitrogens with zero attached hydrogens (tertiary/aromatic N) is 3. The zero-order valence-corrected chi connectivity index (χ0v) is 10.8. The van der Waals surface area contributed by atoms with Crippen LogP contribution in [0.4, 0.5) is 11.4 Å². The summed E-state index contributed by atoms with van der Waals surface area (Å²) in [4.78, 5) is 5.99. The van der Waals surface area contributed by atoms with Crippen LogP contribution in [0.5, 0.6) is 0 Å². The lowest BCUT2D eigenvalue weighted by atomic mass is 10.1. The van der Waals surface area contributed by atoms with Crippen LogP contribution in [-0.4, -0.2) is 12.0 Å². The zero-order valence-electron chi connectivity index (χ0n) is 9.26. The highest BCUT2D eigenvalue weighted by molar-refractivity contribution is 9.10. The molecular weight excluding hydrogens is 278 g/mol. The Morgan fingerprint density at radius 1 is 1.24 bits per heavy atom. The highest BCUT2D eigenvalue weighted by Crippen LogP contribution is 2.31. The number of pyridine rings is 1. The summed E-state index contributed by atoms with van der Waals surface area (Å²) in [6.07, 6.45) is 3.46. The van der Waals surface area contributed by atoms with Gasteiger partial charge in [0.2, 0.25) is 0 Å². The first-order chi connectivity index (χ1) is 8.24. The molecule has 84 valence electrons. The molecule has 0 atom stereocenters. The summed E-state index contributed by atoms with van der Waals surface area (Å²) in [6, 6.07) is 11.6. The van der Waals surface area contributed by atoms with Gasteiger partial charge in [-0.2, -0.15) is 5.26 Å². The summed E-state index contributed by atoms with van der Waals surface area (Å²) in [5.74, 6) is 0. The van der Waals surface area contributed by atoms with Gasteiger partial charge in [0.1, 0.15) is 6.07 Å². The van der Waals surface area contributed by atoms with Crippen molar-refractivity contribution < 1.29 is 0 Å². The Labute approximate surface area is 108 Å². The van der Waals surface area contributed by atoms with Gasteiger partial charge in [0, 0.05) is 19.4 Å². The molecule has 0 fully saturated rings. The summed E-state index contributed by atoms with van der Waals surface area (Å²) in [5, 5.41) is 9.08. The number of para-hydroxylation sites is 1. The molecule has 0 saturated heterocycles. The first-order valence-corrected chi connectivity index (χ1v) is 5.85. The van der Waals surface area contributed by atoms with Crippen molar-refractivity contribution in [3.63, 3.8) is 0 Å². The molecule has 0 aliphatic rings. The largest absolute Gasteiger partial charge is 0.343 e. The fourth-order valence-electron chi connectivity index (χ4n) is 1.63. The number of rotatable bonds is 2. The quantitative estimate of drug-likeness (QED) is 0.849. The maximum Gasteiger partial charge on any atom is 0.101 e. The second kappa shape index (κ2) is 4.98. The van der Waals surface area contributed by atoms with Gasteiger partial charge < -0.3 is 4.90 Å². The van der Waals surface area contributed by atoms with Crippen LogP contribution in [0.1, 0.15) is 5.56 Å². The van der Waals surface area contributed by atoms with Crippen molar-refractivity contribution in [1.82, 2.24) is 4.98 Å². The average Bonchev–Trinajstić information content (AvgIpc) is 2.38. The molecule has 0 N–H and O–H groups in total. The predicted octanol–water partition coefficient (Wildman–Crippen LogP) is 3.48. The van der Waals surface area contributed by atoms with Gasteiger partial charge in [-0.05, 0) is 34.1 Å². The number of halogens is 1. The van der Waals surface area contributed by atoms with Crippen LogP contribution in [0.2, 0.25) is 0 Å². The van der Waals surface area contributed by atoms with Crippen LogP contribution in [0, 0.1) is 11.3 Å². The SMILES string of the molecule is CN(c1ccncc1Br)c1ccccc1C#N. The number of aromatic nitrogens is 1. The van der Waals surface area contributed by atoms with E-state index in [1.807, 2.05) is 36.2 Å². The minimum absolute atomic E-state index is 0.652. The van der Waals surface area contributed by atoms with Gasteiger partial charge in [0.25, 0.3) is 0 Å². The standard InChI is InChI=1S/C13H10BrN3/c1-17(13-6-7-16-9-11(13)14)12-5-3-2-4-10(12)8-15/h2-7,9H,1H3. The van der Waals surface area contributed by atoms with Crippen molar-refractivity contribution in [3.05, 3.63) is 52.8 Å². The lowest BCUT2D eigenvalue weighted by molar-refractivity contribution is 1.17. The van der Waals surface area contributed by atoms with Crippen molar-refractivity contribution in [2.24, 2.45) is 0 Å². The van der Waals surface area contributed by atoms with Crippen LogP contribution in [0.25, 0.3) is 0 Å². The molecule has 0 radical (unpaired) electrons. The van der Waals surface area contributed by atoms with Crippen LogP contribution >= 0.6 is 15.9 Å². The minimum Gasteiger partial charge on any atom is -0.343 e. The molecule has 0 unspecified atom stereocenters. The maximum atomic E-state index is 9.08. The van der Waals surface area contributed by atoms with Crippen molar-refractivity contribution in [2.75, 3.05) is 11.9 Å². The Bertz CT molecular complexity index is 575. The van der Waals surface area contributed by atoms with Crippen LogP contribution < -0.4 is 4.90 Å². The number of hydrogen-bond acceptors (Lipinski definition) is 3. The van der Waals surface area contributed by atoms with Gasteiger partial charge in [-0.3, -0.25) is 4.98 Å². The second-order valence-electron chi connectivity index (χ2n) is 3.52. The summed E-state index contributed by atoms with van der Waals surface area (Å²) < 4.78 is 0.898. The molecule has 2 rings (SSSR count). The van der Waals surface area contributed by atoms with Crippen molar-refractivity contribution in [3.8, 4) is 6.07 Å². The van der Waals surface area contributed by atoms with E-state index in [1.54, 1.807) is 18.5 Å². The molecule has 3 nitrogen and oxygen atoms in total. The summed E-state index contributed by atoms with van der Waals surface area (Å²) in [6.45, 7) is 0. The zero-order chi connectivity index (χ0) is 12.3. The van der Waals surface area contributed by atoms with Crippen molar-refractivity contribution >= 4 is 27.3 Å². The minimum atomic E-state index is 0.652. The molecule has 0 aliphatic heterocycles. The second-order valence-corrected chi connectivity index (χ2v) is 4.37. The van der Waals surface area contributed by atoms with Gasteiger partial charge in [0.15, 0.2) is 0 Å². The number of nitriles is 1. The molecule has 1 aromatic heterocycles. The van der Waals surface area contributed by atoms with E-state index < -0.39 is 0 Å². The van der Waals surface area contributed by atoms with Gasteiger partial charge >= 0.3 is 0 Å². The number of hydrogen-bond donors (Lipinski definition) is 0. The topological polar surface area (TPSA) is 39.9 Å². The van der Waals surface area contributed by atoms with Gasteiger partial charge in [-0.15, -0.1) is 0 Å². The number of benzene rings is 1. The predicted molar refractivity (Wildman–Crippen MR) is 71.2 cm³/mol. The molecule has 0 aliphatic carbocycles. The van der Waals surface area contributed by atoms with Crippen molar-refractivity contribution in [2.45, 2.75) is 0 Å². The third-order valence-corrected chi connectivity index (χ3v) is 3.11. The van der Waals surface area contributed by atoms with E-state index in [2.05, 4.69) is 27.0 Å². The Balaban J connectivity index is 2.48. The molecule has 4 heteroatoms.